The van der Waals surface area contributed by atoms with Gasteiger partial charge in [0, 0.05) is 22.2 Å². The highest BCUT2D eigenvalue weighted by molar-refractivity contribution is 6.16. The first-order valence-electron chi connectivity index (χ1n) is 7.12. The maximum absolute atomic E-state index is 12.2. The van der Waals surface area contributed by atoms with Gasteiger partial charge in [0.1, 0.15) is 0 Å². The van der Waals surface area contributed by atoms with E-state index in [9.17, 15) is 9.59 Å². The van der Waals surface area contributed by atoms with Gasteiger partial charge >= 0.3 is 6.09 Å². The Morgan fingerprint density at radius 1 is 1.42 bits per heavy atom. The predicted molar refractivity (Wildman–Crippen MR) is 90.4 cm³/mol. The van der Waals surface area contributed by atoms with E-state index in [1.165, 1.54) is 12.3 Å². The topological polar surface area (TPSA) is 110 Å². The van der Waals surface area contributed by atoms with Crippen molar-refractivity contribution >= 4 is 34.8 Å². The second-order valence-electron chi connectivity index (χ2n) is 5.53. The summed E-state index contributed by atoms with van der Waals surface area (Å²) in [5, 5.41) is 15.7. The van der Waals surface area contributed by atoms with E-state index < -0.39 is 12.0 Å². The molecular weight excluding hydrogens is 310 g/mol. The zero-order chi connectivity index (χ0) is 17.3. The summed E-state index contributed by atoms with van der Waals surface area (Å²) in [4.78, 5) is 28.1. The Labute approximate surface area is 137 Å². The summed E-state index contributed by atoms with van der Waals surface area (Å²) in [6.45, 7) is 0.585. The number of aromatic nitrogens is 1. The van der Waals surface area contributed by atoms with Crippen LogP contribution in [-0.4, -0.2) is 53.8 Å². The first-order valence-corrected chi connectivity index (χ1v) is 7.12. The molecule has 2 aromatic rings. The zero-order valence-electron chi connectivity index (χ0n) is 13.1. The van der Waals surface area contributed by atoms with E-state index in [4.69, 9.17) is 5.11 Å². The van der Waals surface area contributed by atoms with Gasteiger partial charge in [-0.25, -0.2) is 10.2 Å². The summed E-state index contributed by atoms with van der Waals surface area (Å²) in [6.07, 6.45) is 0.335. The van der Waals surface area contributed by atoms with E-state index in [0.29, 0.717) is 40.0 Å². The standard InChI is InChI=1S/C16H15N5O3/c1-21(2)5-3-4-12-11-8-17-20-15(22)10-6-9(18-16(23)24)7-13(19-12)14(10)11/h6-8,18-19H,5H2,1-2H3,(H,20,22)(H,23,24). The molecule has 2 amide bonds. The maximum Gasteiger partial charge on any atom is 0.409 e. The van der Waals surface area contributed by atoms with Crippen molar-refractivity contribution in [2.45, 2.75) is 0 Å². The molecule has 1 aromatic carbocycles. The third-order valence-corrected chi connectivity index (χ3v) is 3.40. The minimum absolute atomic E-state index is 0.294. The third kappa shape index (κ3) is 2.93. The van der Waals surface area contributed by atoms with E-state index in [2.05, 4.69) is 32.7 Å². The number of hydrazone groups is 1. The van der Waals surface area contributed by atoms with Gasteiger partial charge in [-0.1, -0.05) is 5.92 Å². The Kier molecular flexibility index (Phi) is 3.93. The second kappa shape index (κ2) is 6.06. The summed E-state index contributed by atoms with van der Waals surface area (Å²) in [5.41, 5.74) is 4.97. The number of nitrogens with zero attached hydrogens (tertiary/aromatic N) is 2. The Bertz CT molecular complexity index is 931. The van der Waals surface area contributed by atoms with Crippen LogP contribution >= 0.6 is 0 Å². The molecule has 0 bridgehead atoms. The van der Waals surface area contributed by atoms with Crippen molar-refractivity contribution < 1.29 is 14.7 Å². The molecule has 0 fully saturated rings. The molecule has 0 atom stereocenters. The summed E-state index contributed by atoms with van der Waals surface area (Å²) in [7, 11) is 3.84. The predicted octanol–water partition coefficient (Wildman–Crippen LogP) is 1.25. The summed E-state index contributed by atoms with van der Waals surface area (Å²) >= 11 is 0. The van der Waals surface area contributed by atoms with Crippen molar-refractivity contribution in [3.8, 4) is 11.8 Å². The number of anilines is 1. The second-order valence-corrected chi connectivity index (χ2v) is 5.53. The van der Waals surface area contributed by atoms with Gasteiger partial charge in [-0.2, -0.15) is 5.10 Å². The van der Waals surface area contributed by atoms with Crippen LogP contribution in [0.2, 0.25) is 0 Å². The molecule has 0 saturated heterocycles. The fourth-order valence-electron chi connectivity index (χ4n) is 2.46. The van der Waals surface area contributed by atoms with Crippen molar-refractivity contribution in [2.75, 3.05) is 26.0 Å². The minimum Gasteiger partial charge on any atom is -0.465 e. The van der Waals surface area contributed by atoms with Crippen LogP contribution in [0.1, 0.15) is 21.6 Å². The number of benzene rings is 1. The lowest BCUT2D eigenvalue weighted by atomic mass is 10.0. The van der Waals surface area contributed by atoms with E-state index in [-0.39, 0.29) is 0 Å². The number of carbonyl (C=O) groups is 2. The van der Waals surface area contributed by atoms with Gasteiger partial charge in [0.2, 0.25) is 0 Å². The quantitative estimate of drug-likeness (QED) is 0.623. The lowest BCUT2D eigenvalue weighted by molar-refractivity contribution is 0.0957. The Morgan fingerprint density at radius 2 is 2.21 bits per heavy atom. The Balaban J connectivity index is 2.19. The smallest absolute Gasteiger partial charge is 0.409 e. The average molecular weight is 325 g/mol. The van der Waals surface area contributed by atoms with E-state index in [1.54, 1.807) is 6.07 Å². The lowest BCUT2D eigenvalue weighted by Crippen LogP contribution is -2.17. The molecule has 0 unspecified atom stereocenters. The van der Waals surface area contributed by atoms with Gasteiger partial charge in [-0.15, -0.1) is 0 Å². The molecule has 1 aliphatic heterocycles. The monoisotopic (exact) mass is 325 g/mol. The van der Waals surface area contributed by atoms with Crippen LogP contribution in [0, 0.1) is 11.8 Å². The molecule has 0 saturated carbocycles. The number of amides is 2. The number of aromatic amines is 1. The number of hydrogen-bond acceptors (Lipinski definition) is 4. The lowest BCUT2D eigenvalue weighted by Gasteiger charge is -2.05. The fraction of sp³-hybridized carbons (Fsp3) is 0.188. The van der Waals surface area contributed by atoms with Crippen molar-refractivity contribution in [3.05, 3.63) is 29.0 Å². The molecule has 4 N–H and O–H groups in total. The SMILES string of the molecule is CN(C)CC#Cc1[nH]c2cc(NC(=O)O)cc3c2c1C=NNC3=O. The van der Waals surface area contributed by atoms with Crippen molar-refractivity contribution in [3.63, 3.8) is 0 Å². The number of carbonyl (C=O) groups excluding carboxylic acids is 1. The van der Waals surface area contributed by atoms with Crippen LogP contribution in [0.3, 0.4) is 0 Å². The first-order chi connectivity index (χ1) is 11.5. The van der Waals surface area contributed by atoms with Crippen LogP contribution in [-0.2, 0) is 0 Å². The molecule has 24 heavy (non-hydrogen) atoms. The van der Waals surface area contributed by atoms with Gasteiger partial charge in [0.15, 0.2) is 0 Å². The van der Waals surface area contributed by atoms with Gasteiger partial charge < -0.3 is 10.1 Å². The third-order valence-electron chi connectivity index (χ3n) is 3.40. The molecule has 3 rings (SSSR count). The molecule has 1 aromatic heterocycles. The van der Waals surface area contributed by atoms with Crippen molar-refractivity contribution in [1.82, 2.24) is 15.3 Å². The largest absolute Gasteiger partial charge is 0.465 e. The molecule has 0 radical (unpaired) electrons. The Hall–Kier alpha value is -3.31. The average Bonchev–Trinajstić information content (AvgIpc) is 2.73. The fourth-order valence-corrected chi connectivity index (χ4v) is 2.46. The van der Waals surface area contributed by atoms with Crippen LogP contribution < -0.4 is 10.7 Å². The molecule has 0 spiro atoms. The highest BCUT2D eigenvalue weighted by Crippen LogP contribution is 2.29. The number of H-pyrrole nitrogens is 1. The van der Waals surface area contributed by atoms with Crippen molar-refractivity contribution in [2.24, 2.45) is 5.10 Å². The van der Waals surface area contributed by atoms with Crippen LogP contribution in [0.4, 0.5) is 10.5 Å². The highest BCUT2D eigenvalue weighted by Gasteiger charge is 2.21. The molecule has 8 nitrogen and oxygen atoms in total. The van der Waals surface area contributed by atoms with Gasteiger partial charge in [-0.3, -0.25) is 15.0 Å². The van der Waals surface area contributed by atoms with Crippen LogP contribution in [0.25, 0.3) is 10.9 Å². The molecule has 1 aliphatic rings. The van der Waals surface area contributed by atoms with Gasteiger partial charge in [-0.05, 0) is 32.1 Å². The summed E-state index contributed by atoms with van der Waals surface area (Å²) in [5.74, 6) is 5.65. The van der Waals surface area contributed by atoms with E-state index in [1.807, 2.05) is 19.0 Å². The van der Waals surface area contributed by atoms with E-state index >= 15 is 0 Å². The molecule has 0 aliphatic carbocycles. The molecule has 2 heterocycles. The summed E-state index contributed by atoms with van der Waals surface area (Å²) < 4.78 is 0. The number of hydrogen-bond donors (Lipinski definition) is 4. The molecule has 8 heteroatoms. The van der Waals surface area contributed by atoms with Crippen LogP contribution in [0.5, 0.6) is 0 Å². The number of nitrogens with one attached hydrogen (secondary N) is 3. The maximum atomic E-state index is 12.2. The Morgan fingerprint density at radius 3 is 2.92 bits per heavy atom. The molecule has 122 valence electrons. The van der Waals surface area contributed by atoms with Crippen LogP contribution in [0.15, 0.2) is 17.2 Å². The van der Waals surface area contributed by atoms with E-state index in [0.717, 1.165) is 0 Å². The van der Waals surface area contributed by atoms with Gasteiger partial charge in [0.25, 0.3) is 5.91 Å². The normalized spacial score (nSPS) is 12.5. The number of rotatable bonds is 2. The highest BCUT2D eigenvalue weighted by atomic mass is 16.4. The first kappa shape index (κ1) is 15.6. The zero-order valence-corrected chi connectivity index (χ0v) is 13.1. The molecular formula is C16H15N5O3. The van der Waals surface area contributed by atoms with Crippen molar-refractivity contribution in [1.29, 1.82) is 0 Å². The van der Waals surface area contributed by atoms with Gasteiger partial charge in [0.05, 0.1) is 24.0 Å². The minimum atomic E-state index is -1.20. The summed E-state index contributed by atoms with van der Waals surface area (Å²) in [6, 6.07) is 3.11. The number of carboxylic acid groups (broad SMARTS) is 1.